The first-order valence-electron chi connectivity index (χ1n) is 15.4. The normalized spacial score (nSPS) is 23.3. The van der Waals surface area contributed by atoms with Gasteiger partial charge in [-0.3, -0.25) is 29.4 Å². The Balaban J connectivity index is 1.01. The van der Waals surface area contributed by atoms with Crippen LogP contribution in [0.1, 0.15) is 66.4 Å². The maximum atomic E-state index is 13.9. The van der Waals surface area contributed by atoms with Gasteiger partial charge in [0.2, 0.25) is 17.7 Å². The lowest BCUT2D eigenvalue weighted by Gasteiger charge is -2.39. The Kier molecular flexibility index (Phi) is 8.36. The predicted molar refractivity (Wildman–Crippen MR) is 157 cm³/mol. The molecular weight excluding hydrogens is 565 g/mol. The molecule has 2 aromatic carbocycles. The van der Waals surface area contributed by atoms with Crippen molar-refractivity contribution in [3.63, 3.8) is 0 Å². The first-order chi connectivity index (χ1) is 21.3. The highest BCUT2D eigenvalue weighted by Crippen LogP contribution is 2.36. The van der Waals surface area contributed by atoms with Crippen molar-refractivity contribution in [3.8, 4) is 11.8 Å². The summed E-state index contributed by atoms with van der Waals surface area (Å²) in [5.74, 6) is -0.673. The summed E-state index contributed by atoms with van der Waals surface area (Å²) in [5, 5.41) is 12.3. The van der Waals surface area contributed by atoms with Crippen LogP contribution < -0.4 is 10.1 Å². The fraction of sp³-hybridized carbons (Fsp3) is 0.485. The van der Waals surface area contributed by atoms with Gasteiger partial charge in [0.05, 0.1) is 30.7 Å². The lowest BCUT2D eigenvalue weighted by molar-refractivity contribution is -0.138. The van der Waals surface area contributed by atoms with E-state index in [1.807, 2.05) is 11.0 Å². The third-order valence-electron chi connectivity index (χ3n) is 9.55. The third-order valence-corrected chi connectivity index (χ3v) is 9.55. The number of hydrogen-bond acceptors (Lipinski definition) is 7. The molecule has 44 heavy (non-hydrogen) atoms. The summed E-state index contributed by atoms with van der Waals surface area (Å²) in [6.45, 7) is 3.09. The van der Waals surface area contributed by atoms with E-state index in [1.54, 1.807) is 24.3 Å². The Morgan fingerprint density at radius 3 is 2.64 bits per heavy atom. The van der Waals surface area contributed by atoms with Gasteiger partial charge in [-0.05, 0) is 74.9 Å². The molecule has 10 nitrogen and oxygen atoms in total. The first-order valence-corrected chi connectivity index (χ1v) is 15.4. The monoisotopic (exact) mass is 601 g/mol. The number of fused-ring (bicyclic) bond motifs is 1. The number of hydrogen-bond donors (Lipinski definition) is 1. The Morgan fingerprint density at radius 2 is 1.89 bits per heavy atom. The van der Waals surface area contributed by atoms with Gasteiger partial charge >= 0.3 is 0 Å². The van der Waals surface area contributed by atoms with Gasteiger partial charge in [-0.1, -0.05) is 18.2 Å². The summed E-state index contributed by atoms with van der Waals surface area (Å²) < 4.78 is 20.0. The van der Waals surface area contributed by atoms with Gasteiger partial charge in [0.1, 0.15) is 17.6 Å². The van der Waals surface area contributed by atoms with Crippen LogP contribution in [0.25, 0.3) is 0 Å². The number of rotatable bonds is 8. The van der Waals surface area contributed by atoms with Crippen molar-refractivity contribution in [2.45, 2.75) is 69.0 Å². The molecule has 4 aliphatic heterocycles. The van der Waals surface area contributed by atoms with Crippen LogP contribution in [0, 0.1) is 17.1 Å². The molecule has 3 saturated heterocycles. The second kappa shape index (κ2) is 12.4. The van der Waals surface area contributed by atoms with Crippen molar-refractivity contribution in [1.82, 2.24) is 20.0 Å². The molecule has 1 N–H and O–H groups in total. The van der Waals surface area contributed by atoms with E-state index >= 15 is 0 Å². The van der Waals surface area contributed by atoms with Gasteiger partial charge in [-0.25, -0.2) is 4.39 Å². The summed E-state index contributed by atoms with van der Waals surface area (Å²) >= 11 is 0. The zero-order valence-electron chi connectivity index (χ0n) is 24.6. The molecule has 1 unspecified atom stereocenters. The van der Waals surface area contributed by atoms with E-state index in [1.165, 1.54) is 17.0 Å². The minimum atomic E-state index is -0.785. The average Bonchev–Trinajstić information content (AvgIpc) is 3.64. The van der Waals surface area contributed by atoms with Crippen molar-refractivity contribution >= 4 is 23.6 Å². The molecule has 0 spiro atoms. The SMILES string of the molecule is N#CC1(c2cccc(F)c2)CCN(C(=O)[C@@H]2CCCN2CCCOc2cccc3c2CN(C2CCC(=O)NC2=O)C3=O)CC1. The summed E-state index contributed by atoms with van der Waals surface area (Å²) in [6, 6.07) is 13.1. The minimum absolute atomic E-state index is 0.0853. The number of nitriles is 1. The topological polar surface area (TPSA) is 123 Å². The highest BCUT2D eigenvalue weighted by atomic mass is 19.1. The third kappa shape index (κ3) is 5.66. The molecule has 3 fully saturated rings. The van der Waals surface area contributed by atoms with Gasteiger partial charge in [0.15, 0.2) is 0 Å². The minimum Gasteiger partial charge on any atom is -0.493 e. The zero-order chi connectivity index (χ0) is 30.8. The molecule has 4 heterocycles. The van der Waals surface area contributed by atoms with E-state index in [2.05, 4.69) is 16.3 Å². The number of amides is 4. The van der Waals surface area contributed by atoms with Crippen molar-refractivity contribution < 1.29 is 28.3 Å². The molecule has 11 heteroatoms. The Labute approximate surface area is 255 Å². The average molecular weight is 602 g/mol. The number of nitrogens with zero attached hydrogens (tertiary/aromatic N) is 4. The summed E-state index contributed by atoms with van der Waals surface area (Å²) in [4.78, 5) is 56.1. The van der Waals surface area contributed by atoms with E-state index in [4.69, 9.17) is 4.74 Å². The molecule has 4 aliphatic rings. The number of nitrogens with one attached hydrogen (secondary N) is 1. The van der Waals surface area contributed by atoms with E-state index in [0.717, 1.165) is 24.9 Å². The molecule has 0 saturated carbocycles. The van der Waals surface area contributed by atoms with Crippen molar-refractivity contribution in [1.29, 1.82) is 5.26 Å². The second-order valence-corrected chi connectivity index (χ2v) is 12.1. The fourth-order valence-corrected chi connectivity index (χ4v) is 7.09. The molecule has 230 valence electrons. The smallest absolute Gasteiger partial charge is 0.255 e. The fourth-order valence-electron chi connectivity index (χ4n) is 7.09. The predicted octanol–water partition coefficient (Wildman–Crippen LogP) is 2.90. The molecule has 0 aliphatic carbocycles. The van der Waals surface area contributed by atoms with Crippen LogP contribution >= 0.6 is 0 Å². The molecule has 2 atom stereocenters. The van der Waals surface area contributed by atoms with E-state index in [9.17, 15) is 28.8 Å². The number of ether oxygens (including phenoxy) is 1. The van der Waals surface area contributed by atoms with Crippen LogP contribution in [0.5, 0.6) is 5.75 Å². The molecular formula is C33H36FN5O5. The number of likely N-dealkylation sites (tertiary alicyclic amines) is 2. The van der Waals surface area contributed by atoms with Crippen LogP contribution in [0.2, 0.25) is 0 Å². The Hall–Kier alpha value is -4.30. The quantitative estimate of drug-likeness (QED) is 0.365. The van der Waals surface area contributed by atoms with E-state index in [-0.39, 0.29) is 42.5 Å². The van der Waals surface area contributed by atoms with Gasteiger partial charge in [0, 0.05) is 37.2 Å². The van der Waals surface area contributed by atoms with Crippen molar-refractivity contribution in [2.24, 2.45) is 0 Å². The Morgan fingerprint density at radius 1 is 1.09 bits per heavy atom. The van der Waals surface area contributed by atoms with Crippen LogP contribution in [-0.4, -0.2) is 83.2 Å². The number of carbonyl (C=O) groups excluding carboxylic acids is 4. The zero-order valence-corrected chi connectivity index (χ0v) is 24.6. The number of halogens is 1. The van der Waals surface area contributed by atoms with Crippen LogP contribution in [-0.2, 0) is 26.3 Å². The Bertz CT molecular complexity index is 1510. The first kappa shape index (κ1) is 29.8. The highest BCUT2D eigenvalue weighted by molar-refractivity contribution is 6.05. The standard InChI is InChI=1S/C33H36FN5O5/c34-23-6-1-5-22(19-23)33(21-35)12-16-38(17-13-33)32(43)27-8-3-14-37(27)15-4-18-44-28-9-2-7-24-25(28)20-39(31(24)42)26-10-11-29(40)36-30(26)41/h1-2,5-7,9,19,26-27H,3-4,8,10-18,20H2,(H,36,40,41)/t26?,27-/m0/s1. The highest BCUT2D eigenvalue weighted by Gasteiger charge is 2.42. The molecule has 0 bridgehead atoms. The maximum absolute atomic E-state index is 13.9. The van der Waals surface area contributed by atoms with Gasteiger partial charge in [-0.2, -0.15) is 5.26 Å². The van der Waals surface area contributed by atoms with E-state index < -0.39 is 17.4 Å². The summed E-state index contributed by atoms with van der Waals surface area (Å²) in [5.41, 5.74) is 1.14. The van der Waals surface area contributed by atoms with Crippen molar-refractivity contribution in [3.05, 3.63) is 65.0 Å². The molecule has 2 aromatic rings. The number of piperidine rings is 2. The van der Waals surface area contributed by atoms with Crippen LogP contribution in [0.15, 0.2) is 42.5 Å². The van der Waals surface area contributed by atoms with Crippen molar-refractivity contribution in [2.75, 3.05) is 32.8 Å². The van der Waals surface area contributed by atoms with E-state index in [0.29, 0.717) is 68.8 Å². The number of benzene rings is 2. The maximum Gasteiger partial charge on any atom is 0.255 e. The van der Waals surface area contributed by atoms with Gasteiger partial charge in [0.25, 0.3) is 5.91 Å². The summed E-state index contributed by atoms with van der Waals surface area (Å²) in [6.07, 6.45) is 3.87. The van der Waals surface area contributed by atoms with Crippen LogP contribution in [0.4, 0.5) is 4.39 Å². The molecule has 0 aromatic heterocycles. The second-order valence-electron chi connectivity index (χ2n) is 12.1. The van der Waals surface area contributed by atoms with Gasteiger partial charge < -0.3 is 14.5 Å². The van der Waals surface area contributed by atoms with Gasteiger partial charge in [-0.15, -0.1) is 0 Å². The summed E-state index contributed by atoms with van der Waals surface area (Å²) in [7, 11) is 0. The van der Waals surface area contributed by atoms with Crippen LogP contribution in [0.3, 0.4) is 0 Å². The molecule has 6 rings (SSSR count). The lowest BCUT2D eigenvalue weighted by Crippen LogP contribution is -2.52. The molecule has 0 radical (unpaired) electrons. The number of imide groups is 1. The largest absolute Gasteiger partial charge is 0.493 e. The number of carbonyl (C=O) groups is 4. The molecule has 4 amide bonds. The lowest BCUT2D eigenvalue weighted by atomic mass is 9.74.